The van der Waals surface area contributed by atoms with Crippen molar-refractivity contribution in [3.8, 4) is 11.8 Å². The van der Waals surface area contributed by atoms with Crippen LogP contribution in [0.15, 0.2) is 36.8 Å². The van der Waals surface area contributed by atoms with Crippen molar-refractivity contribution in [2.75, 3.05) is 18.0 Å². The number of imidazole rings is 1. The van der Waals surface area contributed by atoms with Crippen molar-refractivity contribution in [2.45, 2.75) is 13.0 Å². The van der Waals surface area contributed by atoms with Gasteiger partial charge >= 0.3 is 6.09 Å². The second-order valence-electron chi connectivity index (χ2n) is 5.86. The Labute approximate surface area is 154 Å². The standard InChI is InChI=1S/C18H16FN5O3/c1-12(25)21-8-15-10-24(18(26)27-15)14-4-5-17(16(19)7-14)23-9-13(22-11-23)3-2-6-20/h2-5,7,9,11,15H,8,10H2,1H3,(H,21,25)/b3-2+/t15-/m0/s1. The summed E-state index contributed by atoms with van der Waals surface area (Å²) in [5.41, 5.74) is 1.13. The Bertz CT molecular complexity index is 947. The van der Waals surface area contributed by atoms with Gasteiger partial charge in [-0.2, -0.15) is 5.26 Å². The number of anilines is 1. The molecule has 0 spiro atoms. The molecule has 0 aliphatic carbocycles. The van der Waals surface area contributed by atoms with E-state index in [0.29, 0.717) is 11.4 Å². The Kier molecular flexibility index (Phi) is 5.17. The number of carbonyl (C=O) groups excluding carboxylic acids is 2. The lowest BCUT2D eigenvalue weighted by atomic mass is 10.2. The van der Waals surface area contributed by atoms with Crippen molar-refractivity contribution in [2.24, 2.45) is 0 Å². The minimum Gasteiger partial charge on any atom is -0.442 e. The van der Waals surface area contributed by atoms with Gasteiger partial charge in [-0.1, -0.05) is 0 Å². The fourth-order valence-corrected chi connectivity index (χ4v) is 2.65. The first-order valence-corrected chi connectivity index (χ1v) is 8.10. The second-order valence-corrected chi connectivity index (χ2v) is 5.86. The summed E-state index contributed by atoms with van der Waals surface area (Å²) in [7, 11) is 0. The van der Waals surface area contributed by atoms with Gasteiger partial charge in [0.1, 0.15) is 11.9 Å². The van der Waals surface area contributed by atoms with Gasteiger partial charge in [0, 0.05) is 19.2 Å². The van der Waals surface area contributed by atoms with Crippen LogP contribution in [0, 0.1) is 17.1 Å². The summed E-state index contributed by atoms with van der Waals surface area (Å²) in [6, 6.07) is 6.23. The average molecular weight is 369 g/mol. The molecule has 2 heterocycles. The van der Waals surface area contributed by atoms with E-state index in [1.807, 2.05) is 6.07 Å². The van der Waals surface area contributed by atoms with Crippen molar-refractivity contribution in [3.63, 3.8) is 0 Å². The number of cyclic esters (lactones) is 1. The molecule has 2 amide bonds. The van der Waals surface area contributed by atoms with E-state index in [2.05, 4.69) is 10.3 Å². The number of rotatable bonds is 5. The van der Waals surface area contributed by atoms with Crippen LogP contribution in [-0.4, -0.2) is 40.7 Å². The van der Waals surface area contributed by atoms with E-state index in [0.717, 1.165) is 0 Å². The van der Waals surface area contributed by atoms with Gasteiger partial charge in [0.15, 0.2) is 0 Å². The predicted molar refractivity (Wildman–Crippen MR) is 94.5 cm³/mol. The van der Waals surface area contributed by atoms with Crippen LogP contribution in [0.5, 0.6) is 0 Å². The second kappa shape index (κ2) is 7.70. The summed E-state index contributed by atoms with van der Waals surface area (Å²) in [6.07, 6.45) is 4.72. The number of nitrogens with one attached hydrogen (secondary N) is 1. The molecule has 1 N–H and O–H groups in total. The van der Waals surface area contributed by atoms with Gasteiger partial charge in [-0.3, -0.25) is 9.69 Å². The molecule has 0 bridgehead atoms. The molecule has 27 heavy (non-hydrogen) atoms. The number of benzene rings is 1. The molecule has 1 fully saturated rings. The number of halogens is 1. The highest BCUT2D eigenvalue weighted by molar-refractivity contribution is 5.90. The van der Waals surface area contributed by atoms with Crippen LogP contribution in [0.4, 0.5) is 14.9 Å². The Hall–Kier alpha value is -3.67. The first kappa shape index (κ1) is 18.1. The Morgan fingerprint density at radius 2 is 2.37 bits per heavy atom. The van der Waals surface area contributed by atoms with Crippen LogP contribution < -0.4 is 10.2 Å². The van der Waals surface area contributed by atoms with E-state index in [1.54, 1.807) is 12.3 Å². The van der Waals surface area contributed by atoms with Crippen LogP contribution in [0.3, 0.4) is 0 Å². The summed E-state index contributed by atoms with van der Waals surface area (Å²) >= 11 is 0. The molecule has 138 valence electrons. The highest BCUT2D eigenvalue weighted by atomic mass is 19.1. The van der Waals surface area contributed by atoms with E-state index in [1.165, 1.54) is 47.0 Å². The van der Waals surface area contributed by atoms with Crippen molar-refractivity contribution >= 4 is 23.8 Å². The van der Waals surface area contributed by atoms with Crippen molar-refractivity contribution < 1.29 is 18.7 Å². The quantitative estimate of drug-likeness (QED) is 0.813. The first-order valence-electron chi connectivity index (χ1n) is 8.10. The minimum atomic E-state index is -0.593. The summed E-state index contributed by atoms with van der Waals surface area (Å²) in [6.45, 7) is 1.79. The molecule has 0 saturated carbocycles. The van der Waals surface area contributed by atoms with Gasteiger partial charge in [0.25, 0.3) is 0 Å². The molecule has 0 unspecified atom stereocenters. The molecule has 3 rings (SSSR count). The molecular weight excluding hydrogens is 353 g/mol. The molecule has 2 aromatic rings. The van der Waals surface area contributed by atoms with Crippen molar-refractivity contribution in [1.29, 1.82) is 5.26 Å². The third-order valence-corrected chi connectivity index (χ3v) is 3.91. The molecule has 1 saturated heterocycles. The topological polar surface area (TPSA) is 100 Å². The largest absolute Gasteiger partial charge is 0.442 e. The zero-order valence-electron chi connectivity index (χ0n) is 14.4. The summed E-state index contributed by atoms with van der Waals surface area (Å²) in [5.74, 6) is -0.761. The first-order chi connectivity index (χ1) is 13.0. The number of allylic oxidation sites excluding steroid dienone is 1. The fourth-order valence-electron chi connectivity index (χ4n) is 2.65. The average Bonchev–Trinajstić information content (AvgIpc) is 3.24. The number of aromatic nitrogens is 2. The lowest BCUT2D eigenvalue weighted by Crippen LogP contribution is -2.33. The monoisotopic (exact) mass is 369 g/mol. The normalized spacial score (nSPS) is 16.4. The minimum absolute atomic E-state index is 0.201. The number of hydrogen-bond donors (Lipinski definition) is 1. The molecule has 9 heteroatoms. The number of nitriles is 1. The number of amides is 2. The maximum Gasteiger partial charge on any atom is 0.414 e. The van der Waals surface area contributed by atoms with Gasteiger partial charge < -0.3 is 14.6 Å². The van der Waals surface area contributed by atoms with E-state index < -0.39 is 18.0 Å². The number of ether oxygens (including phenoxy) is 1. The lowest BCUT2D eigenvalue weighted by molar-refractivity contribution is -0.119. The lowest BCUT2D eigenvalue weighted by Gasteiger charge is -2.14. The van der Waals surface area contributed by atoms with Gasteiger partial charge in [-0.15, -0.1) is 0 Å². The van der Waals surface area contributed by atoms with Gasteiger partial charge in [-0.25, -0.2) is 14.2 Å². The van der Waals surface area contributed by atoms with Crippen molar-refractivity contribution in [3.05, 3.63) is 48.3 Å². The Morgan fingerprint density at radius 3 is 3.07 bits per heavy atom. The van der Waals surface area contributed by atoms with Crippen LogP contribution in [0.2, 0.25) is 0 Å². The molecule has 8 nitrogen and oxygen atoms in total. The van der Waals surface area contributed by atoms with E-state index in [9.17, 15) is 14.0 Å². The molecule has 1 aromatic carbocycles. The smallest absolute Gasteiger partial charge is 0.414 e. The third-order valence-electron chi connectivity index (χ3n) is 3.91. The molecule has 0 radical (unpaired) electrons. The van der Waals surface area contributed by atoms with Crippen LogP contribution in [0.25, 0.3) is 11.8 Å². The number of nitrogens with zero attached hydrogens (tertiary/aromatic N) is 4. The maximum atomic E-state index is 14.6. The highest BCUT2D eigenvalue weighted by Crippen LogP contribution is 2.25. The van der Waals surface area contributed by atoms with Crippen LogP contribution in [0.1, 0.15) is 12.6 Å². The van der Waals surface area contributed by atoms with Crippen molar-refractivity contribution in [1.82, 2.24) is 14.9 Å². The predicted octanol–water partition coefficient (Wildman–Crippen LogP) is 2.01. The van der Waals surface area contributed by atoms with Crippen LogP contribution >= 0.6 is 0 Å². The summed E-state index contributed by atoms with van der Waals surface area (Å²) in [4.78, 5) is 28.4. The highest BCUT2D eigenvalue weighted by Gasteiger charge is 2.32. The van der Waals surface area contributed by atoms with Gasteiger partial charge in [0.2, 0.25) is 5.91 Å². The number of hydrogen-bond acceptors (Lipinski definition) is 5. The number of carbonyl (C=O) groups is 2. The molecule has 1 atom stereocenters. The Balaban J connectivity index is 1.76. The third kappa shape index (κ3) is 4.12. The van der Waals surface area contributed by atoms with Gasteiger partial charge in [0.05, 0.1) is 42.6 Å². The van der Waals surface area contributed by atoms with E-state index in [-0.39, 0.29) is 24.7 Å². The summed E-state index contributed by atoms with van der Waals surface area (Å²) in [5, 5.41) is 11.1. The summed E-state index contributed by atoms with van der Waals surface area (Å²) < 4.78 is 21.2. The molecule has 1 aliphatic heterocycles. The molecule has 1 aromatic heterocycles. The van der Waals surface area contributed by atoms with E-state index >= 15 is 0 Å². The zero-order chi connectivity index (χ0) is 19.4. The molecular formula is C18H16FN5O3. The van der Waals surface area contributed by atoms with Gasteiger partial charge in [-0.05, 0) is 24.3 Å². The van der Waals surface area contributed by atoms with E-state index in [4.69, 9.17) is 10.00 Å². The zero-order valence-corrected chi connectivity index (χ0v) is 14.4. The fraction of sp³-hybridized carbons (Fsp3) is 0.222. The van der Waals surface area contributed by atoms with Crippen LogP contribution in [-0.2, 0) is 9.53 Å². The Morgan fingerprint density at radius 1 is 1.56 bits per heavy atom. The maximum absolute atomic E-state index is 14.6. The molecule has 1 aliphatic rings. The SMILES string of the molecule is CC(=O)NC[C@H]1CN(c2ccc(-n3cnc(/C=C/C#N)c3)c(F)c2)C(=O)O1.